The molecule has 0 bridgehead atoms. The number of nitrogens with two attached hydrogens (primary N) is 1. The number of halogens is 1. The highest BCUT2D eigenvalue weighted by Gasteiger charge is 2.35. The largest absolute Gasteiger partial charge is 0.368 e. The average Bonchev–Trinajstić information content (AvgIpc) is 1.82. The fourth-order valence-corrected chi connectivity index (χ4v) is 1.37. The van der Waals surface area contributed by atoms with E-state index in [1.165, 1.54) is 4.90 Å². The molecule has 0 aromatic carbocycles. The molecule has 0 aliphatic carbocycles. The third kappa shape index (κ3) is 1.69. The van der Waals surface area contributed by atoms with Crippen molar-refractivity contribution in [1.29, 1.82) is 0 Å². The molecule has 1 aliphatic heterocycles. The van der Waals surface area contributed by atoms with Crippen LogP contribution in [0.15, 0.2) is 0 Å². The lowest BCUT2D eigenvalue weighted by atomic mass is 10.0. The third-order valence-corrected chi connectivity index (χ3v) is 2.17. The molecule has 5 heteroatoms. The molecule has 0 aromatic heterocycles. The van der Waals surface area contributed by atoms with Crippen LogP contribution in [0.1, 0.15) is 12.8 Å². The maximum absolute atomic E-state index is 11.2. The highest BCUT2D eigenvalue weighted by atomic mass is 35.5. The number of carbonyl (C=O) groups excluding carboxylic acids is 2. The number of carbonyl (C=O) groups is 2. The van der Waals surface area contributed by atoms with E-state index in [0.717, 1.165) is 0 Å². The van der Waals surface area contributed by atoms with Gasteiger partial charge in [0, 0.05) is 18.8 Å². The lowest BCUT2D eigenvalue weighted by Gasteiger charge is -2.38. The van der Waals surface area contributed by atoms with Crippen molar-refractivity contribution in [3.8, 4) is 0 Å². The Morgan fingerprint density at radius 3 is 2.58 bits per heavy atom. The summed E-state index contributed by atoms with van der Waals surface area (Å²) in [6.07, 6.45) is 0.967. The third-order valence-electron chi connectivity index (χ3n) is 1.98. The van der Waals surface area contributed by atoms with Gasteiger partial charge >= 0.3 is 0 Å². The molecular formula is C7H11ClN2O2. The number of nitrogens with zero attached hydrogens (tertiary/aromatic N) is 1. The van der Waals surface area contributed by atoms with Crippen LogP contribution >= 0.6 is 11.6 Å². The highest BCUT2D eigenvalue weighted by molar-refractivity contribution is 6.19. The molecule has 12 heavy (non-hydrogen) atoms. The van der Waals surface area contributed by atoms with E-state index in [0.29, 0.717) is 18.8 Å². The molecule has 4 nitrogen and oxygen atoms in total. The molecule has 0 saturated carbocycles. The van der Waals surface area contributed by atoms with Gasteiger partial charge in [0.15, 0.2) is 0 Å². The van der Waals surface area contributed by atoms with Crippen LogP contribution in [0.2, 0.25) is 0 Å². The Kier molecular flexibility index (Phi) is 2.92. The average molecular weight is 191 g/mol. The monoisotopic (exact) mass is 190 g/mol. The minimum atomic E-state index is -0.427. The molecule has 1 fully saturated rings. The standard InChI is InChI=1S/C7H11ClN2O2/c8-3-1-6(11)10-4-2-5(10)7(9)12/h5H,1-4H2,(H2,9,12). The Balaban J connectivity index is 2.43. The molecule has 2 amide bonds. The number of alkyl halides is 1. The Morgan fingerprint density at radius 1 is 1.58 bits per heavy atom. The summed E-state index contributed by atoms with van der Waals surface area (Å²) in [5.74, 6) is -0.218. The number of likely N-dealkylation sites (tertiary alicyclic amines) is 1. The van der Waals surface area contributed by atoms with Gasteiger partial charge in [0.2, 0.25) is 11.8 Å². The first-order chi connectivity index (χ1) is 5.66. The van der Waals surface area contributed by atoms with Gasteiger partial charge in [0.1, 0.15) is 6.04 Å². The first-order valence-corrected chi connectivity index (χ1v) is 4.35. The van der Waals surface area contributed by atoms with Gasteiger partial charge in [-0.25, -0.2) is 0 Å². The number of primary amides is 1. The predicted octanol–water partition coefficient (Wildman–Crippen LogP) is -0.299. The van der Waals surface area contributed by atoms with E-state index in [1.807, 2.05) is 0 Å². The number of rotatable bonds is 3. The summed E-state index contributed by atoms with van der Waals surface area (Å²) in [5, 5.41) is 0. The van der Waals surface area contributed by atoms with Gasteiger partial charge in [-0.2, -0.15) is 0 Å². The number of hydrogen-bond donors (Lipinski definition) is 1. The Morgan fingerprint density at radius 2 is 2.25 bits per heavy atom. The van der Waals surface area contributed by atoms with Crippen molar-refractivity contribution in [3.05, 3.63) is 0 Å². The summed E-state index contributed by atoms with van der Waals surface area (Å²) in [6, 6.07) is -0.388. The topological polar surface area (TPSA) is 63.4 Å². The summed E-state index contributed by atoms with van der Waals surface area (Å²) in [7, 11) is 0. The van der Waals surface area contributed by atoms with Gasteiger partial charge in [-0.3, -0.25) is 9.59 Å². The van der Waals surface area contributed by atoms with Crippen molar-refractivity contribution in [2.45, 2.75) is 18.9 Å². The molecule has 1 aliphatic rings. The van der Waals surface area contributed by atoms with Gasteiger partial charge in [0.25, 0.3) is 0 Å². The van der Waals surface area contributed by atoms with Crippen LogP contribution < -0.4 is 5.73 Å². The van der Waals surface area contributed by atoms with Crippen molar-refractivity contribution in [3.63, 3.8) is 0 Å². The molecule has 1 atom stereocenters. The molecule has 1 heterocycles. The van der Waals surface area contributed by atoms with E-state index in [2.05, 4.69) is 0 Å². The van der Waals surface area contributed by atoms with E-state index < -0.39 is 5.91 Å². The summed E-state index contributed by atoms with van der Waals surface area (Å²) < 4.78 is 0. The molecule has 0 aromatic rings. The number of hydrogen-bond acceptors (Lipinski definition) is 2. The second kappa shape index (κ2) is 3.76. The second-order valence-electron chi connectivity index (χ2n) is 2.73. The fraction of sp³-hybridized carbons (Fsp3) is 0.714. The SMILES string of the molecule is NC(=O)C1CCN1C(=O)CCCl. The minimum Gasteiger partial charge on any atom is -0.368 e. The summed E-state index contributed by atoms with van der Waals surface area (Å²) in [5.41, 5.74) is 5.06. The molecule has 1 unspecified atom stereocenters. The second-order valence-corrected chi connectivity index (χ2v) is 3.11. The van der Waals surface area contributed by atoms with E-state index >= 15 is 0 Å². The lowest BCUT2D eigenvalue weighted by molar-refractivity contribution is -0.145. The lowest BCUT2D eigenvalue weighted by Crippen LogP contribution is -2.57. The van der Waals surface area contributed by atoms with Crippen molar-refractivity contribution in [2.75, 3.05) is 12.4 Å². The Bertz CT molecular complexity index is 208. The van der Waals surface area contributed by atoms with Crippen LogP contribution in [-0.2, 0) is 9.59 Å². The first-order valence-electron chi connectivity index (χ1n) is 3.81. The molecule has 2 N–H and O–H groups in total. The van der Waals surface area contributed by atoms with Crippen LogP contribution in [0.4, 0.5) is 0 Å². The Hall–Kier alpha value is -0.770. The zero-order chi connectivity index (χ0) is 9.14. The van der Waals surface area contributed by atoms with Crippen LogP contribution in [-0.4, -0.2) is 35.2 Å². The van der Waals surface area contributed by atoms with E-state index in [-0.39, 0.29) is 18.4 Å². The summed E-state index contributed by atoms with van der Waals surface area (Å²) in [4.78, 5) is 23.3. The van der Waals surface area contributed by atoms with Crippen LogP contribution in [0, 0.1) is 0 Å². The fourth-order valence-electron chi connectivity index (χ4n) is 1.21. The molecule has 68 valence electrons. The van der Waals surface area contributed by atoms with Gasteiger partial charge in [-0.05, 0) is 6.42 Å². The quantitative estimate of drug-likeness (QED) is 0.622. The van der Waals surface area contributed by atoms with Gasteiger partial charge in [-0.15, -0.1) is 11.6 Å². The summed E-state index contributed by atoms with van der Waals surface area (Å²) in [6.45, 7) is 0.628. The molecular weight excluding hydrogens is 180 g/mol. The normalized spacial score (nSPS) is 21.8. The molecule has 0 spiro atoms. The highest BCUT2D eigenvalue weighted by Crippen LogP contribution is 2.17. The van der Waals surface area contributed by atoms with E-state index in [4.69, 9.17) is 17.3 Å². The van der Waals surface area contributed by atoms with Crippen LogP contribution in [0.25, 0.3) is 0 Å². The zero-order valence-corrected chi connectivity index (χ0v) is 7.38. The minimum absolute atomic E-state index is 0.0833. The maximum atomic E-state index is 11.2. The molecule has 0 radical (unpaired) electrons. The Labute approximate surface area is 75.6 Å². The van der Waals surface area contributed by atoms with Crippen molar-refractivity contribution < 1.29 is 9.59 Å². The van der Waals surface area contributed by atoms with Gasteiger partial charge < -0.3 is 10.6 Å². The predicted molar refractivity (Wildman–Crippen MR) is 44.6 cm³/mol. The van der Waals surface area contributed by atoms with Gasteiger partial charge in [-0.1, -0.05) is 0 Å². The van der Waals surface area contributed by atoms with Crippen molar-refractivity contribution in [2.24, 2.45) is 5.73 Å². The zero-order valence-electron chi connectivity index (χ0n) is 6.62. The smallest absolute Gasteiger partial charge is 0.240 e. The number of amides is 2. The molecule has 1 rings (SSSR count). The first kappa shape index (κ1) is 9.32. The van der Waals surface area contributed by atoms with E-state index in [1.54, 1.807) is 0 Å². The van der Waals surface area contributed by atoms with Crippen molar-refractivity contribution >= 4 is 23.4 Å². The summed E-state index contributed by atoms with van der Waals surface area (Å²) >= 11 is 5.39. The van der Waals surface area contributed by atoms with E-state index in [9.17, 15) is 9.59 Å². The maximum Gasteiger partial charge on any atom is 0.240 e. The van der Waals surface area contributed by atoms with Crippen LogP contribution in [0.5, 0.6) is 0 Å². The molecule has 1 saturated heterocycles. The van der Waals surface area contributed by atoms with Crippen LogP contribution in [0.3, 0.4) is 0 Å². The van der Waals surface area contributed by atoms with Crippen molar-refractivity contribution in [1.82, 2.24) is 4.90 Å². The van der Waals surface area contributed by atoms with Gasteiger partial charge in [0.05, 0.1) is 0 Å².